The minimum absolute atomic E-state index is 0.0463. The summed E-state index contributed by atoms with van der Waals surface area (Å²) in [6.07, 6.45) is 1.72. The average molecular weight is 447 g/mol. The van der Waals surface area contributed by atoms with Crippen LogP contribution in [0.1, 0.15) is 30.8 Å². The van der Waals surface area contributed by atoms with Crippen molar-refractivity contribution in [3.05, 3.63) is 70.6 Å². The summed E-state index contributed by atoms with van der Waals surface area (Å²) >= 11 is 6.35. The van der Waals surface area contributed by atoms with Crippen LogP contribution in [-0.2, 0) is 12.1 Å². The van der Waals surface area contributed by atoms with Gasteiger partial charge in [-0.1, -0.05) is 35.0 Å². The van der Waals surface area contributed by atoms with Gasteiger partial charge in [-0.25, -0.2) is 14.6 Å². The first-order chi connectivity index (χ1) is 15.2. The van der Waals surface area contributed by atoms with Crippen molar-refractivity contribution in [3.8, 4) is 28.7 Å². The van der Waals surface area contributed by atoms with E-state index in [1.807, 2.05) is 12.1 Å². The predicted molar refractivity (Wildman–Crippen MR) is 119 cm³/mol. The molecule has 0 fully saturated rings. The lowest BCUT2D eigenvalue weighted by Crippen LogP contribution is -2.18. The van der Waals surface area contributed by atoms with Gasteiger partial charge in [0, 0.05) is 5.56 Å². The zero-order valence-electron chi connectivity index (χ0n) is 17.4. The Kier molecular flexibility index (Phi) is 5.57. The molecule has 0 aliphatic rings. The SMILES string of the molecule is CC(C)(O)c1cccc(Cn2cc(-c3cc(-c4cccc(C#N)c4Cl)nc(N)n3)nn2)n1. The summed E-state index contributed by atoms with van der Waals surface area (Å²) in [5.74, 6) is 0.0463. The van der Waals surface area contributed by atoms with Crippen molar-refractivity contribution >= 4 is 17.5 Å². The van der Waals surface area contributed by atoms with Crippen molar-refractivity contribution in [2.45, 2.75) is 26.0 Å². The number of nitrogens with two attached hydrogens (primary N) is 1. The molecule has 3 aromatic heterocycles. The number of nitrogen functional groups attached to an aromatic ring is 1. The molecular formula is C22H19ClN8O. The highest BCUT2D eigenvalue weighted by atomic mass is 35.5. The number of hydrogen-bond acceptors (Lipinski definition) is 8. The van der Waals surface area contributed by atoms with Gasteiger partial charge in [0.15, 0.2) is 0 Å². The highest BCUT2D eigenvalue weighted by molar-refractivity contribution is 6.34. The second kappa shape index (κ2) is 8.34. The predicted octanol–water partition coefficient (Wildman–Crippen LogP) is 3.18. The third-order valence-corrected chi connectivity index (χ3v) is 5.10. The topological polar surface area (TPSA) is 139 Å². The van der Waals surface area contributed by atoms with E-state index in [0.29, 0.717) is 45.5 Å². The van der Waals surface area contributed by atoms with E-state index in [4.69, 9.17) is 17.3 Å². The summed E-state index contributed by atoms with van der Waals surface area (Å²) in [7, 11) is 0. The molecule has 4 aromatic rings. The minimum Gasteiger partial charge on any atom is -0.384 e. The first-order valence-corrected chi connectivity index (χ1v) is 10.1. The number of benzene rings is 1. The summed E-state index contributed by atoms with van der Waals surface area (Å²) in [6.45, 7) is 3.73. The first kappa shape index (κ1) is 21.4. The van der Waals surface area contributed by atoms with Crippen LogP contribution >= 0.6 is 11.6 Å². The van der Waals surface area contributed by atoms with Crippen molar-refractivity contribution < 1.29 is 5.11 Å². The molecule has 0 amide bonds. The lowest BCUT2D eigenvalue weighted by atomic mass is 10.0. The molecule has 0 saturated carbocycles. The van der Waals surface area contributed by atoms with Crippen LogP contribution in [0.15, 0.2) is 48.7 Å². The average Bonchev–Trinajstić information content (AvgIpc) is 3.21. The smallest absolute Gasteiger partial charge is 0.221 e. The quantitative estimate of drug-likeness (QED) is 0.476. The zero-order chi connectivity index (χ0) is 22.9. The number of anilines is 1. The Bertz CT molecular complexity index is 1340. The fourth-order valence-electron chi connectivity index (χ4n) is 3.12. The second-order valence-corrected chi connectivity index (χ2v) is 8.03. The fourth-order valence-corrected chi connectivity index (χ4v) is 3.38. The van der Waals surface area contributed by atoms with Crippen LogP contribution in [0.25, 0.3) is 22.6 Å². The van der Waals surface area contributed by atoms with Gasteiger partial charge in [-0.15, -0.1) is 5.10 Å². The van der Waals surface area contributed by atoms with Gasteiger partial charge in [0.2, 0.25) is 5.95 Å². The van der Waals surface area contributed by atoms with Crippen molar-refractivity contribution in [1.82, 2.24) is 29.9 Å². The van der Waals surface area contributed by atoms with Gasteiger partial charge >= 0.3 is 0 Å². The summed E-state index contributed by atoms with van der Waals surface area (Å²) in [6, 6.07) is 14.3. The highest BCUT2D eigenvalue weighted by Gasteiger charge is 2.18. The van der Waals surface area contributed by atoms with Crippen molar-refractivity contribution in [2.75, 3.05) is 5.73 Å². The number of nitriles is 1. The summed E-state index contributed by atoms with van der Waals surface area (Å²) < 4.78 is 1.62. The number of aliphatic hydroxyl groups is 1. The maximum absolute atomic E-state index is 10.2. The van der Waals surface area contributed by atoms with E-state index < -0.39 is 5.60 Å². The van der Waals surface area contributed by atoms with Crippen molar-refractivity contribution in [1.29, 1.82) is 5.26 Å². The Morgan fingerprint density at radius 1 is 1.09 bits per heavy atom. The lowest BCUT2D eigenvalue weighted by Gasteiger charge is -2.17. The van der Waals surface area contributed by atoms with E-state index in [1.165, 1.54) is 0 Å². The molecule has 0 bridgehead atoms. The summed E-state index contributed by atoms with van der Waals surface area (Å²) in [5.41, 5.74) is 8.53. The van der Waals surface area contributed by atoms with Crippen LogP contribution in [0.2, 0.25) is 5.02 Å². The van der Waals surface area contributed by atoms with E-state index in [-0.39, 0.29) is 5.95 Å². The number of rotatable bonds is 5. The summed E-state index contributed by atoms with van der Waals surface area (Å²) in [5, 5.41) is 28.0. The third kappa shape index (κ3) is 4.42. The van der Waals surface area contributed by atoms with Gasteiger partial charge in [0.25, 0.3) is 0 Å². The van der Waals surface area contributed by atoms with E-state index in [9.17, 15) is 10.4 Å². The molecule has 160 valence electrons. The van der Waals surface area contributed by atoms with Gasteiger partial charge < -0.3 is 10.8 Å². The Morgan fingerprint density at radius 2 is 1.84 bits per heavy atom. The number of nitrogens with zero attached hydrogens (tertiary/aromatic N) is 7. The molecule has 0 unspecified atom stereocenters. The van der Waals surface area contributed by atoms with Gasteiger partial charge in [-0.3, -0.25) is 4.98 Å². The van der Waals surface area contributed by atoms with Crippen LogP contribution in [0.5, 0.6) is 0 Å². The number of hydrogen-bond donors (Lipinski definition) is 2. The van der Waals surface area contributed by atoms with Crippen molar-refractivity contribution in [3.63, 3.8) is 0 Å². The zero-order valence-corrected chi connectivity index (χ0v) is 18.1. The molecule has 0 atom stereocenters. The van der Waals surface area contributed by atoms with Crippen LogP contribution in [0, 0.1) is 11.3 Å². The van der Waals surface area contributed by atoms with Crippen LogP contribution < -0.4 is 5.73 Å². The molecule has 0 aliphatic carbocycles. The summed E-state index contributed by atoms with van der Waals surface area (Å²) in [4.78, 5) is 13.0. The largest absolute Gasteiger partial charge is 0.384 e. The molecule has 0 aliphatic heterocycles. The third-order valence-electron chi connectivity index (χ3n) is 4.70. The molecule has 32 heavy (non-hydrogen) atoms. The Hall–Kier alpha value is -3.87. The molecule has 0 saturated heterocycles. The molecule has 3 N–H and O–H groups in total. The standard InChI is InChI=1S/C22H19ClN8O/c1-22(2,32)19-8-4-6-14(26-19)11-31-12-18(29-30-31)17-9-16(27-21(25)28-17)15-7-3-5-13(10-24)20(15)23/h3-9,12,32H,11H2,1-2H3,(H2,25,27,28). The van der Waals surface area contributed by atoms with E-state index >= 15 is 0 Å². The van der Waals surface area contributed by atoms with Gasteiger partial charge in [0.05, 0.1) is 46.1 Å². The molecule has 4 rings (SSSR count). The second-order valence-electron chi connectivity index (χ2n) is 7.65. The maximum Gasteiger partial charge on any atom is 0.221 e. The number of halogens is 1. The Balaban J connectivity index is 1.65. The minimum atomic E-state index is -1.04. The van der Waals surface area contributed by atoms with Crippen LogP contribution in [0.4, 0.5) is 5.95 Å². The fraction of sp³-hybridized carbons (Fsp3) is 0.182. The molecule has 1 aromatic carbocycles. The van der Waals surface area contributed by atoms with Gasteiger partial charge in [-0.05, 0) is 38.1 Å². The molecule has 0 radical (unpaired) electrons. The first-order valence-electron chi connectivity index (χ1n) is 9.67. The van der Waals surface area contributed by atoms with E-state index in [1.54, 1.807) is 55.1 Å². The van der Waals surface area contributed by atoms with Gasteiger partial charge in [-0.2, -0.15) is 5.26 Å². The molecule has 10 heteroatoms. The van der Waals surface area contributed by atoms with Crippen molar-refractivity contribution in [2.24, 2.45) is 0 Å². The molecule has 3 heterocycles. The Labute approximate surface area is 189 Å². The van der Waals surface area contributed by atoms with E-state index in [2.05, 4.69) is 31.3 Å². The maximum atomic E-state index is 10.2. The highest BCUT2D eigenvalue weighted by Crippen LogP contribution is 2.31. The monoisotopic (exact) mass is 446 g/mol. The van der Waals surface area contributed by atoms with Gasteiger partial charge in [0.1, 0.15) is 17.4 Å². The molecule has 0 spiro atoms. The van der Waals surface area contributed by atoms with E-state index in [0.717, 1.165) is 5.69 Å². The van der Waals surface area contributed by atoms with Crippen LogP contribution in [-0.4, -0.2) is 35.1 Å². The normalized spacial score (nSPS) is 11.3. The number of pyridine rings is 1. The molecule has 9 nitrogen and oxygen atoms in total. The Morgan fingerprint density at radius 3 is 2.59 bits per heavy atom. The lowest BCUT2D eigenvalue weighted by molar-refractivity contribution is 0.0736. The molecular weight excluding hydrogens is 428 g/mol. The van der Waals surface area contributed by atoms with Crippen LogP contribution in [0.3, 0.4) is 0 Å². The number of aromatic nitrogens is 6.